The summed E-state index contributed by atoms with van der Waals surface area (Å²) in [6, 6.07) is 5.66. The van der Waals surface area contributed by atoms with E-state index < -0.39 is 6.04 Å². The normalized spacial score (nSPS) is 12.6. The van der Waals surface area contributed by atoms with Crippen molar-refractivity contribution in [3.05, 3.63) is 34.9 Å². The minimum atomic E-state index is -0.515. The van der Waals surface area contributed by atoms with Gasteiger partial charge in [0.2, 0.25) is 0 Å². The topological polar surface area (TPSA) is 58.4 Å². The maximum Gasteiger partial charge on any atom is 0.251 e. The van der Waals surface area contributed by atoms with Crippen molar-refractivity contribution in [1.29, 1.82) is 0 Å². The summed E-state index contributed by atoms with van der Waals surface area (Å²) in [5, 5.41) is 1.60. The lowest BCUT2D eigenvalue weighted by atomic mass is 9.99. The quantitative estimate of drug-likeness (QED) is 0.758. The minimum absolute atomic E-state index is 0.157. The van der Waals surface area contributed by atoms with Gasteiger partial charge in [-0.25, -0.2) is 5.01 Å². The number of hydrogen-bond acceptors (Lipinski definition) is 3. The summed E-state index contributed by atoms with van der Waals surface area (Å²) in [4.78, 5) is 11.7. The molecule has 1 rings (SSSR count). The summed E-state index contributed by atoms with van der Waals surface area (Å²) in [6.45, 7) is 4.09. The van der Waals surface area contributed by atoms with Gasteiger partial charge in [0.05, 0.1) is 6.04 Å². The highest BCUT2D eigenvalue weighted by atomic mass is 16.2. The van der Waals surface area contributed by atoms with Crippen LogP contribution in [0.3, 0.4) is 0 Å². The molecule has 1 unspecified atom stereocenters. The van der Waals surface area contributed by atoms with Crippen molar-refractivity contribution in [2.45, 2.75) is 26.3 Å². The number of nitrogens with one attached hydrogen (secondary N) is 1. The van der Waals surface area contributed by atoms with Crippen LogP contribution in [0.5, 0.6) is 0 Å². The average molecular weight is 235 g/mol. The standard InChI is InChI=1S/C13H21N3O/c1-9-5-6-11(10(2)7-9)8-12(14)13(17)15-16(3)4/h5-7,12H,8,14H2,1-4H3,(H,15,17). The molecule has 17 heavy (non-hydrogen) atoms. The molecule has 0 fully saturated rings. The van der Waals surface area contributed by atoms with Gasteiger partial charge in [-0.1, -0.05) is 23.8 Å². The fourth-order valence-corrected chi connectivity index (χ4v) is 1.71. The second-order valence-corrected chi connectivity index (χ2v) is 4.61. The number of nitrogens with two attached hydrogens (primary N) is 1. The van der Waals surface area contributed by atoms with E-state index in [9.17, 15) is 4.79 Å². The van der Waals surface area contributed by atoms with Crippen LogP contribution in [0.15, 0.2) is 18.2 Å². The first kappa shape index (κ1) is 13.7. The Labute approximate surface area is 103 Å². The molecule has 0 saturated carbocycles. The number of rotatable bonds is 4. The fourth-order valence-electron chi connectivity index (χ4n) is 1.71. The van der Waals surface area contributed by atoms with Crippen LogP contribution >= 0.6 is 0 Å². The Balaban J connectivity index is 2.67. The second kappa shape index (κ2) is 5.80. The van der Waals surface area contributed by atoms with E-state index in [0.29, 0.717) is 6.42 Å². The zero-order valence-electron chi connectivity index (χ0n) is 10.9. The maximum absolute atomic E-state index is 11.7. The molecule has 0 aliphatic carbocycles. The molecule has 0 aromatic heterocycles. The molecule has 0 spiro atoms. The lowest BCUT2D eigenvalue weighted by Crippen LogP contribution is -2.47. The zero-order valence-corrected chi connectivity index (χ0v) is 10.9. The summed E-state index contributed by atoms with van der Waals surface area (Å²) in [6.07, 6.45) is 0.561. The van der Waals surface area contributed by atoms with Crippen molar-refractivity contribution in [2.75, 3.05) is 14.1 Å². The smallest absolute Gasteiger partial charge is 0.251 e. The molecule has 0 bridgehead atoms. The largest absolute Gasteiger partial charge is 0.320 e. The second-order valence-electron chi connectivity index (χ2n) is 4.61. The third kappa shape index (κ3) is 4.17. The predicted octanol–water partition coefficient (Wildman–Crippen LogP) is 0.766. The SMILES string of the molecule is Cc1ccc(CC(N)C(=O)NN(C)C)c(C)c1. The molecule has 4 heteroatoms. The number of benzene rings is 1. The van der Waals surface area contributed by atoms with Crippen molar-refractivity contribution in [1.82, 2.24) is 10.4 Å². The van der Waals surface area contributed by atoms with E-state index in [1.807, 2.05) is 19.1 Å². The van der Waals surface area contributed by atoms with Crippen LogP contribution in [-0.4, -0.2) is 31.1 Å². The molecule has 0 radical (unpaired) electrons. The molecule has 1 aromatic rings. The molecule has 94 valence electrons. The predicted molar refractivity (Wildman–Crippen MR) is 69.4 cm³/mol. The van der Waals surface area contributed by atoms with Crippen LogP contribution < -0.4 is 11.2 Å². The van der Waals surface area contributed by atoms with Crippen LogP contribution in [0, 0.1) is 13.8 Å². The lowest BCUT2D eigenvalue weighted by molar-refractivity contribution is -0.126. The number of carbonyl (C=O) groups is 1. The molecule has 1 amide bonds. The van der Waals surface area contributed by atoms with Crippen molar-refractivity contribution in [2.24, 2.45) is 5.73 Å². The minimum Gasteiger partial charge on any atom is -0.320 e. The number of aryl methyl sites for hydroxylation is 2. The first-order valence-corrected chi connectivity index (χ1v) is 5.69. The number of nitrogens with zero attached hydrogens (tertiary/aromatic N) is 1. The molecule has 1 atom stereocenters. The maximum atomic E-state index is 11.7. The molecule has 0 heterocycles. The third-order valence-corrected chi connectivity index (χ3v) is 2.61. The first-order valence-electron chi connectivity index (χ1n) is 5.69. The summed E-state index contributed by atoms with van der Waals surface area (Å²) in [5.74, 6) is -0.157. The van der Waals surface area contributed by atoms with Gasteiger partial charge < -0.3 is 5.73 Å². The van der Waals surface area contributed by atoms with Crippen molar-refractivity contribution in [3.8, 4) is 0 Å². The number of hydrogen-bond donors (Lipinski definition) is 2. The number of carbonyl (C=O) groups excluding carboxylic acids is 1. The van der Waals surface area contributed by atoms with Crippen molar-refractivity contribution >= 4 is 5.91 Å². The highest BCUT2D eigenvalue weighted by Crippen LogP contribution is 2.12. The summed E-state index contributed by atoms with van der Waals surface area (Å²) >= 11 is 0. The van der Waals surface area contributed by atoms with Crippen molar-refractivity contribution < 1.29 is 4.79 Å². The lowest BCUT2D eigenvalue weighted by Gasteiger charge is -2.17. The monoisotopic (exact) mass is 235 g/mol. The van der Waals surface area contributed by atoms with Crippen LogP contribution in [0.25, 0.3) is 0 Å². The third-order valence-electron chi connectivity index (χ3n) is 2.61. The molecule has 4 nitrogen and oxygen atoms in total. The van der Waals surface area contributed by atoms with Crippen LogP contribution in [0.2, 0.25) is 0 Å². The Morgan fingerprint density at radius 1 is 1.41 bits per heavy atom. The van der Waals surface area contributed by atoms with E-state index in [2.05, 4.69) is 18.4 Å². The van der Waals surface area contributed by atoms with Crippen molar-refractivity contribution in [3.63, 3.8) is 0 Å². The average Bonchev–Trinajstić information content (AvgIpc) is 2.21. The molecule has 0 saturated heterocycles. The highest BCUT2D eigenvalue weighted by Gasteiger charge is 2.15. The first-order chi connectivity index (χ1) is 7.90. The van der Waals surface area contributed by atoms with Gasteiger partial charge in [0.1, 0.15) is 0 Å². The Morgan fingerprint density at radius 3 is 2.59 bits per heavy atom. The molecule has 0 aliphatic rings. The van der Waals surface area contributed by atoms with Gasteiger partial charge in [-0.3, -0.25) is 10.2 Å². The van der Waals surface area contributed by atoms with E-state index in [-0.39, 0.29) is 5.91 Å². The van der Waals surface area contributed by atoms with Crippen LogP contribution in [0.1, 0.15) is 16.7 Å². The van der Waals surface area contributed by atoms with E-state index >= 15 is 0 Å². The van der Waals surface area contributed by atoms with E-state index in [0.717, 1.165) is 5.56 Å². The Kier molecular flexibility index (Phi) is 4.66. The fraction of sp³-hybridized carbons (Fsp3) is 0.462. The molecule has 3 N–H and O–H groups in total. The van der Waals surface area contributed by atoms with Gasteiger partial charge in [0.15, 0.2) is 0 Å². The van der Waals surface area contributed by atoms with E-state index in [1.54, 1.807) is 19.1 Å². The molecule has 1 aromatic carbocycles. The highest BCUT2D eigenvalue weighted by molar-refractivity contribution is 5.81. The summed E-state index contributed by atoms with van der Waals surface area (Å²) in [5.41, 5.74) is 12.0. The Hall–Kier alpha value is -1.39. The summed E-state index contributed by atoms with van der Waals surface area (Å²) < 4.78 is 0. The number of hydrazine groups is 1. The van der Waals surface area contributed by atoms with E-state index in [1.165, 1.54) is 11.1 Å². The molecular weight excluding hydrogens is 214 g/mol. The number of amides is 1. The van der Waals surface area contributed by atoms with Crippen LogP contribution in [0.4, 0.5) is 0 Å². The Bertz CT molecular complexity index is 402. The van der Waals surface area contributed by atoms with Gasteiger partial charge in [0, 0.05) is 14.1 Å². The molecule has 0 aliphatic heterocycles. The summed E-state index contributed by atoms with van der Waals surface area (Å²) in [7, 11) is 3.53. The van der Waals surface area contributed by atoms with Gasteiger partial charge in [-0.05, 0) is 31.4 Å². The van der Waals surface area contributed by atoms with Gasteiger partial charge in [0.25, 0.3) is 5.91 Å². The van der Waals surface area contributed by atoms with Crippen LogP contribution in [-0.2, 0) is 11.2 Å². The molecular formula is C13H21N3O. The van der Waals surface area contributed by atoms with Gasteiger partial charge in [-0.2, -0.15) is 0 Å². The van der Waals surface area contributed by atoms with E-state index in [4.69, 9.17) is 5.73 Å². The van der Waals surface area contributed by atoms with Gasteiger partial charge in [-0.15, -0.1) is 0 Å². The Morgan fingerprint density at radius 2 is 2.06 bits per heavy atom. The zero-order chi connectivity index (χ0) is 13.0. The van der Waals surface area contributed by atoms with Gasteiger partial charge >= 0.3 is 0 Å².